The highest BCUT2D eigenvalue weighted by molar-refractivity contribution is 5.66. The molecule has 2 atom stereocenters. The maximum Gasteiger partial charge on any atom is 0.407 e. The fourth-order valence-electron chi connectivity index (χ4n) is 3.18. The summed E-state index contributed by atoms with van der Waals surface area (Å²) in [6.45, 7) is 7.61. The van der Waals surface area contributed by atoms with Crippen LogP contribution >= 0.6 is 0 Å². The molecule has 1 saturated heterocycles. The van der Waals surface area contributed by atoms with Gasteiger partial charge in [-0.05, 0) is 17.4 Å². The number of nitrogens with zero attached hydrogens (tertiary/aromatic N) is 1. The van der Waals surface area contributed by atoms with Crippen LogP contribution in [0.2, 0.25) is 0 Å². The summed E-state index contributed by atoms with van der Waals surface area (Å²) < 4.78 is 0. The van der Waals surface area contributed by atoms with E-state index < -0.39 is 6.09 Å². The second kappa shape index (κ2) is 5.83. The van der Waals surface area contributed by atoms with E-state index in [2.05, 4.69) is 38.2 Å². The smallest absolute Gasteiger partial charge is 0.407 e. The Hall–Kier alpha value is -1.55. The predicted octanol–water partition coefficient (Wildman–Crippen LogP) is 2.60. The van der Waals surface area contributed by atoms with E-state index >= 15 is 0 Å². The van der Waals surface area contributed by atoms with Gasteiger partial charge in [0.15, 0.2) is 0 Å². The Kier molecular flexibility index (Phi) is 4.33. The van der Waals surface area contributed by atoms with Crippen molar-refractivity contribution in [2.75, 3.05) is 13.1 Å². The first-order valence-electron chi connectivity index (χ1n) is 7.16. The van der Waals surface area contributed by atoms with Gasteiger partial charge in [-0.3, -0.25) is 0 Å². The highest BCUT2D eigenvalue weighted by atomic mass is 16.4. The summed E-state index contributed by atoms with van der Waals surface area (Å²) in [4.78, 5) is 13.1. The summed E-state index contributed by atoms with van der Waals surface area (Å²) in [7, 11) is 0. The topological polar surface area (TPSA) is 52.6 Å². The first-order chi connectivity index (χ1) is 9.39. The van der Waals surface area contributed by atoms with Crippen molar-refractivity contribution in [3.63, 3.8) is 0 Å². The Morgan fingerprint density at radius 1 is 1.35 bits per heavy atom. The molecule has 0 radical (unpaired) electrons. The van der Waals surface area contributed by atoms with Crippen molar-refractivity contribution in [1.82, 2.24) is 10.2 Å². The molecule has 1 aromatic rings. The average Bonchev–Trinajstić information content (AvgIpc) is 2.38. The van der Waals surface area contributed by atoms with Gasteiger partial charge in [0, 0.05) is 19.1 Å². The molecular formula is C16H24N2O2. The maximum atomic E-state index is 11.5. The van der Waals surface area contributed by atoms with Gasteiger partial charge in [-0.25, -0.2) is 4.79 Å². The highest BCUT2D eigenvalue weighted by Gasteiger charge is 2.41. The van der Waals surface area contributed by atoms with Gasteiger partial charge >= 0.3 is 6.09 Å². The largest absolute Gasteiger partial charge is 0.465 e. The molecule has 0 aromatic heterocycles. The summed E-state index contributed by atoms with van der Waals surface area (Å²) in [5.74, 6) is 0. The van der Waals surface area contributed by atoms with Gasteiger partial charge in [0.2, 0.25) is 0 Å². The van der Waals surface area contributed by atoms with E-state index in [9.17, 15) is 9.90 Å². The number of amides is 1. The molecule has 1 unspecified atom stereocenters. The summed E-state index contributed by atoms with van der Waals surface area (Å²) >= 11 is 0. The Morgan fingerprint density at radius 2 is 2.00 bits per heavy atom. The second-order valence-electron chi connectivity index (χ2n) is 6.54. The van der Waals surface area contributed by atoms with Gasteiger partial charge in [0.05, 0.1) is 6.04 Å². The van der Waals surface area contributed by atoms with Crippen LogP contribution in [-0.4, -0.2) is 41.3 Å². The number of carbonyl (C=O) groups is 1. The van der Waals surface area contributed by atoms with Crippen molar-refractivity contribution < 1.29 is 9.90 Å². The summed E-state index contributed by atoms with van der Waals surface area (Å²) in [5, 5.41) is 13.0. The second-order valence-corrected chi connectivity index (χ2v) is 6.54. The zero-order valence-electron chi connectivity index (χ0n) is 12.5. The fourth-order valence-corrected chi connectivity index (χ4v) is 3.18. The molecule has 1 aliphatic rings. The molecule has 0 saturated carbocycles. The van der Waals surface area contributed by atoms with Crippen LogP contribution in [0.5, 0.6) is 0 Å². The van der Waals surface area contributed by atoms with Crippen LogP contribution in [0, 0.1) is 5.41 Å². The molecule has 0 bridgehead atoms. The molecule has 1 amide bonds. The maximum absolute atomic E-state index is 11.5. The number of carboxylic acid groups (broad SMARTS) is 1. The number of piperazine rings is 1. The Morgan fingerprint density at radius 3 is 2.55 bits per heavy atom. The van der Waals surface area contributed by atoms with Crippen LogP contribution in [0.4, 0.5) is 4.79 Å². The first kappa shape index (κ1) is 14.9. The molecule has 1 fully saturated rings. The third kappa shape index (κ3) is 3.31. The zero-order chi connectivity index (χ0) is 14.8. The Labute approximate surface area is 120 Å². The zero-order valence-corrected chi connectivity index (χ0v) is 12.5. The number of nitrogens with one attached hydrogen (secondary N) is 1. The van der Waals surface area contributed by atoms with Crippen molar-refractivity contribution >= 4 is 6.09 Å². The lowest BCUT2D eigenvalue weighted by molar-refractivity contribution is 0.0414. The number of hydrogen-bond acceptors (Lipinski definition) is 2. The van der Waals surface area contributed by atoms with Crippen LogP contribution in [0.1, 0.15) is 26.3 Å². The standard InChI is InChI=1S/C16H24N2O2/c1-16(2,3)14-13(11-12-7-5-4-6-8-12)17-9-10-18(14)15(19)20/h4-8,13-14,17H,9-11H2,1-3H3,(H,19,20)/t13-,14?/m1/s1. The quantitative estimate of drug-likeness (QED) is 0.873. The molecule has 20 heavy (non-hydrogen) atoms. The van der Waals surface area contributed by atoms with E-state index in [-0.39, 0.29) is 17.5 Å². The molecule has 4 heteroatoms. The average molecular weight is 276 g/mol. The normalized spacial score (nSPS) is 23.6. The van der Waals surface area contributed by atoms with Crippen molar-refractivity contribution in [1.29, 1.82) is 0 Å². The van der Waals surface area contributed by atoms with Gasteiger partial charge in [0.25, 0.3) is 0 Å². The van der Waals surface area contributed by atoms with E-state index in [1.807, 2.05) is 18.2 Å². The van der Waals surface area contributed by atoms with Gasteiger partial charge in [-0.1, -0.05) is 51.1 Å². The van der Waals surface area contributed by atoms with Crippen LogP contribution in [0.25, 0.3) is 0 Å². The molecule has 1 aromatic carbocycles. The lowest BCUT2D eigenvalue weighted by Crippen LogP contribution is -2.64. The molecule has 4 nitrogen and oxygen atoms in total. The van der Waals surface area contributed by atoms with E-state index in [1.165, 1.54) is 5.56 Å². The van der Waals surface area contributed by atoms with Crippen LogP contribution < -0.4 is 5.32 Å². The number of benzene rings is 1. The van der Waals surface area contributed by atoms with Crippen molar-refractivity contribution in [2.45, 2.75) is 39.3 Å². The van der Waals surface area contributed by atoms with E-state index in [4.69, 9.17) is 0 Å². The monoisotopic (exact) mass is 276 g/mol. The molecule has 1 heterocycles. The molecule has 0 spiro atoms. The van der Waals surface area contributed by atoms with Crippen molar-refractivity contribution in [3.05, 3.63) is 35.9 Å². The predicted molar refractivity (Wildman–Crippen MR) is 79.9 cm³/mol. The molecule has 1 aliphatic heterocycles. The molecule has 0 aliphatic carbocycles. The number of hydrogen-bond donors (Lipinski definition) is 2. The first-order valence-corrected chi connectivity index (χ1v) is 7.16. The molecule has 2 rings (SSSR count). The number of rotatable bonds is 2. The van der Waals surface area contributed by atoms with Crippen LogP contribution in [0.15, 0.2) is 30.3 Å². The minimum atomic E-state index is -0.815. The van der Waals surface area contributed by atoms with E-state index in [1.54, 1.807) is 4.90 Å². The van der Waals surface area contributed by atoms with Gasteiger partial charge in [0.1, 0.15) is 0 Å². The van der Waals surface area contributed by atoms with Crippen molar-refractivity contribution in [3.8, 4) is 0 Å². The fraction of sp³-hybridized carbons (Fsp3) is 0.562. The molecule has 110 valence electrons. The molecular weight excluding hydrogens is 252 g/mol. The lowest BCUT2D eigenvalue weighted by Gasteiger charge is -2.47. The molecule has 2 N–H and O–H groups in total. The minimum Gasteiger partial charge on any atom is -0.465 e. The van der Waals surface area contributed by atoms with Gasteiger partial charge in [-0.15, -0.1) is 0 Å². The van der Waals surface area contributed by atoms with E-state index in [0.29, 0.717) is 6.54 Å². The van der Waals surface area contributed by atoms with Crippen LogP contribution in [-0.2, 0) is 6.42 Å². The summed E-state index contributed by atoms with van der Waals surface area (Å²) in [5.41, 5.74) is 1.15. The minimum absolute atomic E-state index is 0.0195. The van der Waals surface area contributed by atoms with E-state index in [0.717, 1.165) is 13.0 Å². The highest BCUT2D eigenvalue weighted by Crippen LogP contribution is 2.30. The van der Waals surface area contributed by atoms with Gasteiger partial charge in [-0.2, -0.15) is 0 Å². The lowest BCUT2D eigenvalue weighted by atomic mass is 9.78. The SMILES string of the molecule is CC(C)(C)C1[C@@H](Cc2ccccc2)NCCN1C(=O)O. The summed E-state index contributed by atoms with van der Waals surface area (Å²) in [6.07, 6.45) is 0.0384. The van der Waals surface area contributed by atoms with Crippen LogP contribution in [0.3, 0.4) is 0 Å². The Bertz CT molecular complexity index is 453. The Balaban J connectivity index is 2.22. The third-order valence-corrected chi connectivity index (χ3v) is 3.91. The van der Waals surface area contributed by atoms with Gasteiger partial charge < -0.3 is 15.3 Å². The van der Waals surface area contributed by atoms with Crippen molar-refractivity contribution in [2.24, 2.45) is 5.41 Å². The third-order valence-electron chi connectivity index (χ3n) is 3.91. The summed E-state index contributed by atoms with van der Waals surface area (Å²) in [6, 6.07) is 10.4.